The van der Waals surface area contributed by atoms with Crippen molar-refractivity contribution in [2.75, 3.05) is 12.5 Å². The van der Waals surface area contributed by atoms with E-state index in [-0.39, 0.29) is 0 Å². The molecule has 1 aromatic rings. The summed E-state index contributed by atoms with van der Waals surface area (Å²) in [4.78, 5) is 4.28. The molecule has 0 aliphatic heterocycles. The van der Waals surface area contributed by atoms with E-state index in [4.69, 9.17) is 0 Å². The van der Waals surface area contributed by atoms with E-state index in [1.807, 2.05) is 0 Å². The van der Waals surface area contributed by atoms with Crippen LogP contribution in [0.15, 0.2) is 4.36 Å². The van der Waals surface area contributed by atoms with Gasteiger partial charge in [0.15, 0.2) is 0 Å². The highest BCUT2D eigenvalue weighted by Crippen LogP contribution is 2.26. The fourth-order valence-corrected chi connectivity index (χ4v) is 2.75. The molecular formula is C11H20N4OS. The number of hydrogen-bond acceptors (Lipinski definition) is 4. The van der Waals surface area contributed by atoms with Gasteiger partial charge in [0.2, 0.25) is 0 Å². The van der Waals surface area contributed by atoms with E-state index in [2.05, 4.69) is 19.5 Å². The van der Waals surface area contributed by atoms with E-state index in [1.165, 1.54) is 32.1 Å². The Morgan fingerprint density at radius 1 is 1.35 bits per heavy atom. The SMILES string of the molecule is CS(C)(=O)=Nc1n[nH]c(CC2CCCCC2)n1. The normalized spacial score (nSPS) is 18.2. The van der Waals surface area contributed by atoms with Crippen LogP contribution in [0, 0.1) is 5.92 Å². The van der Waals surface area contributed by atoms with Gasteiger partial charge in [-0.15, -0.1) is 5.10 Å². The maximum Gasteiger partial charge on any atom is 0.276 e. The fourth-order valence-electron chi connectivity index (χ4n) is 2.28. The molecule has 1 saturated carbocycles. The van der Waals surface area contributed by atoms with E-state index in [0.29, 0.717) is 5.95 Å². The standard InChI is InChI=1S/C11H20N4OS/c1-17(2,16)15-11-12-10(13-14-11)8-9-6-4-3-5-7-9/h9H,3-8H2,1-2H3,(H,12,13,14). The Labute approximate surface area is 103 Å². The number of hydrogen-bond donors (Lipinski definition) is 1. The van der Waals surface area contributed by atoms with Gasteiger partial charge in [-0.3, -0.25) is 5.10 Å². The quantitative estimate of drug-likeness (QED) is 0.902. The Kier molecular flexibility index (Phi) is 3.81. The molecule has 1 aliphatic carbocycles. The summed E-state index contributed by atoms with van der Waals surface area (Å²) in [6.07, 6.45) is 10.7. The largest absolute Gasteiger partial charge is 0.276 e. The average Bonchev–Trinajstić information content (AvgIpc) is 2.64. The van der Waals surface area contributed by atoms with Gasteiger partial charge in [-0.1, -0.05) is 32.1 Å². The summed E-state index contributed by atoms with van der Waals surface area (Å²) < 4.78 is 15.5. The maximum absolute atomic E-state index is 11.5. The molecule has 0 saturated heterocycles. The van der Waals surface area contributed by atoms with E-state index in [0.717, 1.165) is 18.2 Å². The summed E-state index contributed by atoms with van der Waals surface area (Å²) in [7, 11) is -2.17. The first-order valence-electron chi connectivity index (χ1n) is 6.11. The van der Waals surface area contributed by atoms with E-state index in [9.17, 15) is 4.21 Å². The third-order valence-electron chi connectivity index (χ3n) is 3.03. The second kappa shape index (κ2) is 5.16. The number of H-pyrrole nitrogens is 1. The van der Waals surface area contributed by atoms with Gasteiger partial charge in [0.1, 0.15) is 5.82 Å². The predicted octanol–water partition coefficient (Wildman–Crippen LogP) is 2.29. The van der Waals surface area contributed by atoms with Crippen LogP contribution in [-0.2, 0) is 16.1 Å². The highest BCUT2D eigenvalue weighted by atomic mass is 32.2. The zero-order chi connectivity index (χ0) is 12.3. The summed E-state index contributed by atoms with van der Waals surface area (Å²) in [6, 6.07) is 0. The maximum atomic E-state index is 11.5. The van der Waals surface area contributed by atoms with Crippen molar-refractivity contribution in [1.82, 2.24) is 15.2 Å². The molecular weight excluding hydrogens is 236 g/mol. The lowest BCUT2D eigenvalue weighted by atomic mass is 9.87. The van der Waals surface area contributed by atoms with Crippen LogP contribution in [0.2, 0.25) is 0 Å². The zero-order valence-corrected chi connectivity index (χ0v) is 11.3. The van der Waals surface area contributed by atoms with Gasteiger partial charge < -0.3 is 0 Å². The van der Waals surface area contributed by atoms with Gasteiger partial charge in [0, 0.05) is 28.7 Å². The third kappa shape index (κ3) is 4.11. The van der Waals surface area contributed by atoms with Crippen LogP contribution < -0.4 is 0 Å². The second-order valence-corrected chi connectivity index (χ2v) is 7.61. The molecule has 96 valence electrons. The van der Waals surface area contributed by atoms with E-state index < -0.39 is 9.73 Å². The minimum atomic E-state index is -2.17. The Bertz CT molecular complexity index is 473. The lowest BCUT2D eigenvalue weighted by Crippen LogP contribution is -2.10. The zero-order valence-electron chi connectivity index (χ0n) is 10.5. The van der Waals surface area contributed by atoms with Crippen molar-refractivity contribution in [3.8, 4) is 0 Å². The number of nitrogens with zero attached hydrogens (tertiary/aromatic N) is 3. The molecule has 1 heterocycles. The van der Waals surface area contributed by atoms with Gasteiger partial charge >= 0.3 is 0 Å². The van der Waals surface area contributed by atoms with Crippen molar-refractivity contribution in [2.45, 2.75) is 38.5 Å². The van der Waals surface area contributed by atoms with Gasteiger partial charge in [-0.05, 0) is 5.92 Å². The molecule has 1 aliphatic rings. The number of aromatic amines is 1. The van der Waals surface area contributed by atoms with Crippen molar-refractivity contribution in [1.29, 1.82) is 0 Å². The molecule has 0 unspecified atom stereocenters. The molecule has 1 N–H and O–H groups in total. The summed E-state index contributed by atoms with van der Waals surface area (Å²) in [6.45, 7) is 0. The van der Waals surface area contributed by atoms with Crippen molar-refractivity contribution >= 4 is 15.7 Å². The Hall–Kier alpha value is -0.910. The van der Waals surface area contributed by atoms with Crippen molar-refractivity contribution in [2.24, 2.45) is 10.3 Å². The van der Waals surface area contributed by atoms with Crippen LogP contribution >= 0.6 is 0 Å². The Morgan fingerprint density at radius 2 is 2.06 bits per heavy atom. The molecule has 0 aromatic carbocycles. The van der Waals surface area contributed by atoms with Crippen LogP contribution in [-0.4, -0.2) is 31.9 Å². The van der Waals surface area contributed by atoms with Crippen molar-refractivity contribution < 1.29 is 4.21 Å². The summed E-state index contributed by atoms with van der Waals surface area (Å²) >= 11 is 0. The first-order chi connectivity index (χ1) is 8.03. The first kappa shape index (κ1) is 12.5. The smallest absolute Gasteiger partial charge is 0.261 e. The number of nitrogens with one attached hydrogen (secondary N) is 1. The van der Waals surface area contributed by atoms with Crippen molar-refractivity contribution in [3.05, 3.63) is 5.82 Å². The molecule has 0 amide bonds. The highest BCUT2D eigenvalue weighted by molar-refractivity contribution is 7.92. The molecule has 1 fully saturated rings. The second-order valence-electron chi connectivity index (χ2n) is 5.06. The van der Waals surface area contributed by atoms with Crippen LogP contribution in [0.1, 0.15) is 37.9 Å². The number of rotatable bonds is 3. The van der Waals surface area contributed by atoms with E-state index >= 15 is 0 Å². The number of aromatic nitrogens is 3. The van der Waals surface area contributed by atoms with Crippen LogP contribution in [0.5, 0.6) is 0 Å². The minimum Gasteiger partial charge on any atom is -0.261 e. The summed E-state index contributed by atoms with van der Waals surface area (Å²) in [5.74, 6) is 1.92. The molecule has 2 rings (SSSR count). The average molecular weight is 256 g/mol. The predicted molar refractivity (Wildman–Crippen MR) is 68.7 cm³/mol. The molecule has 0 atom stereocenters. The molecule has 0 radical (unpaired) electrons. The lowest BCUT2D eigenvalue weighted by molar-refractivity contribution is 0.352. The Balaban J connectivity index is 2.01. The van der Waals surface area contributed by atoms with E-state index in [1.54, 1.807) is 12.5 Å². The summed E-state index contributed by atoms with van der Waals surface area (Å²) in [5, 5.41) is 6.88. The molecule has 5 nitrogen and oxygen atoms in total. The third-order valence-corrected chi connectivity index (χ3v) is 3.63. The molecule has 17 heavy (non-hydrogen) atoms. The van der Waals surface area contributed by atoms with Crippen LogP contribution in [0.3, 0.4) is 0 Å². The van der Waals surface area contributed by atoms with Gasteiger partial charge in [0.25, 0.3) is 5.95 Å². The fraction of sp³-hybridized carbons (Fsp3) is 0.818. The Morgan fingerprint density at radius 3 is 2.71 bits per heavy atom. The molecule has 0 bridgehead atoms. The monoisotopic (exact) mass is 256 g/mol. The molecule has 6 heteroatoms. The van der Waals surface area contributed by atoms with Crippen molar-refractivity contribution in [3.63, 3.8) is 0 Å². The van der Waals surface area contributed by atoms with Gasteiger partial charge in [-0.25, -0.2) is 4.21 Å². The topological polar surface area (TPSA) is 71.0 Å². The highest BCUT2D eigenvalue weighted by Gasteiger charge is 2.15. The van der Waals surface area contributed by atoms with Crippen LogP contribution in [0.25, 0.3) is 0 Å². The summed E-state index contributed by atoms with van der Waals surface area (Å²) in [5.41, 5.74) is 0. The minimum absolute atomic E-state index is 0.325. The van der Waals surface area contributed by atoms with Gasteiger partial charge in [0.05, 0.1) is 0 Å². The molecule has 0 spiro atoms. The van der Waals surface area contributed by atoms with Gasteiger partial charge in [-0.2, -0.15) is 9.35 Å². The lowest BCUT2D eigenvalue weighted by Gasteiger charge is -2.19. The van der Waals surface area contributed by atoms with Crippen LogP contribution in [0.4, 0.5) is 5.95 Å². The first-order valence-corrected chi connectivity index (χ1v) is 8.44. The molecule has 1 aromatic heterocycles.